The number of nitriles is 1. The number of nitrogens with zero attached hydrogens (tertiary/aromatic N) is 3. The van der Waals surface area contributed by atoms with E-state index in [4.69, 9.17) is 14.7 Å². The molecule has 2 fully saturated rings. The van der Waals surface area contributed by atoms with Crippen LogP contribution in [0.25, 0.3) is 0 Å². The highest BCUT2D eigenvalue weighted by Gasteiger charge is 2.39. The van der Waals surface area contributed by atoms with Gasteiger partial charge in [0.2, 0.25) is 5.88 Å². The zero-order valence-electron chi connectivity index (χ0n) is 12.4. The van der Waals surface area contributed by atoms with Crippen molar-refractivity contribution in [1.29, 1.82) is 5.26 Å². The molecule has 2 bridgehead atoms. The second-order valence-corrected chi connectivity index (χ2v) is 5.88. The topological polar surface area (TPSA) is 58.4 Å². The molecular formula is C16H21N3O2. The third-order valence-electron chi connectivity index (χ3n) is 4.28. The molecule has 112 valence electrons. The normalized spacial score (nSPS) is 28.9. The van der Waals surface area contributed by atoms with Crippen molar-refractivity contribution in [1.82, 2.24) is 9.88 Å². The van der Waals surface area contributed by atoms with Gasteiger partial charge in [-0.3, -0.25) is 4.90 Å². The van der Waals surface area contributed by atoms with Crippen LogP contribution >= 0.6 is 0 Å². The summed E-state index contributed by atoms with van der Waals surface area (Å²) in [5, 5.41) is 8.79. The van der Waals surface area contributed by atoms with Crippen molar-refractivity contribution in [3.63, 3.8) is 0 Å². The number of hydrogen-bond acceptors (Lipinski definition) is 5. The van der Waals surface area contributed by atoms with Crippen LogP contribution in [0.1, 0.15) is 24.8 Å². The lowest BCUT2D eigenvalue weighted by atomic mass is 9.91. The molecule has 0 spiro atoms. The van der Waals surface area contributed by atoms with Crippen molar-refractivity contribution in [3.05, 3.63) is 23.9 Å². The molecule has 1 aromatic heterocycles. The molecule has 3 atom stereocenters. The van der Waals surface area contributed by atoms with Crippen molar-refractivity contribution in [2.75, 3.05) is 19.8 Å². The maximum Gasteiger partial charge on any atom is 0.213 e. The SMILES string of the molecule is Cc1ccc(O[C@H]2C[C@H]3COC[C@@H](C2)N3CCC#N)nc1. The fraction of sp³-hybridized carbons (Fsp3) is 0.625. The fourth-order valence-electron chi connectivity index (χ4n) is 3.27. The first-order chi connectivity index (χ1) is 10.3. The van der Waals surface area contributed by atoms with Gasteiger partial charge in [0.1, 0.15) is 6.10 Å². The Morgan fingerprint density at radius 3 is 2.76 bits per heavy atom. The lowest BCUT2D eigenvalue weighted by molar-refractivity contribution is -0.0991. The number of morpholine rings is 1. The minimum Gasteiger partial charge on any atom is -0.474 e. The maximum atomic E-state index is 8.79. The summed E-state index contributed by atoms with van der Waals surface area (Å²) in [7, 11) is 0. The number of rotatable bonds is 4. The number of ether oxygens (including phenoxy) is 2. The molecular weight excluding hydrogens is 266 g/mol. The second-order valence-electron chi connectivity index (χ2n) is 5.88. The number of fused-ring (bicyclic) bond motifs is 2. The van der Waals surface area contributed by atoms with Crippen molar-refractivity contribution in [2.45, 2.75) is 44.4 Å². The highest BCUT2D eigenvalue weighted by atomic mass is 16.5. The van der Waals surface area contributed by atoms with Crippen LogP contribution in [0.5, 0.6) is 5.88 Å². The smallest absolute Gasteiger partial charge is 0.213 e. The standard InChI is InChI=1S/C16H21N3O2/c1-12-3-4-16(18-9-12)21-15-7-13-10-20-11-14(8-15)19(13)6-2-5-17/h3-4,9,13-15H,2,6-8,10-11H2,1H3/t13-,14+,15-. The van der Waals surface area contributed by atoms with Gasteiger partial charge in [0.15, 0.2) is 0 Å². The van der Waals surface area contributed by atoms with Crippen LogP contribution in [-0.2, 0) is 4.74 Å². The molecule has 0 saturated carbocycles. The van der Waals surface area contributed by atoms with E-state index in [9.17, 15) is 0 Å². The van der Waals surface area contributed by atoms with E-state index in [0.29, 0.717) is 24.4 Å². The number of aryl methyl sites for hydroxylation is 1. The summed E-state index contributed by atoms with van der Waals surface area (Å²) >= 11 is 0. The summed E-state index contributed by atoms with van der Waals surface area (Å²) in [4.78, 5) is 6.75. The quantitative estimate of drug-likeness (QED) is 0.846. The Morgan fingerprint density at radius 2 is 2.14 bits per heavy atom. The predicted octanol–water partition coefficient (Wildman–Crippen LogP) is 1.91. The van der Waals surface area contributed by atoms with Crippen LogP contribution < -0.4 is 4.74 Å². The molecule has 0 aromatic carbocycles. The summed E-state index contributed by atoms with van der Waals surface area (Å²) in [6, 6.07) is 6.92. The van der Waals surface area contributed by atoms with Gasteiger partial charge in [-0.2, -0.15) is 5.26 Å². The molecule has 3 rings (SSSR count). The molecule has 5 nitrogen and oxygen atoms in total. The average molecular weight is 287 g/mol. The van der Waals surface area contributed by atoms with Crippen LogP contribution in [-0.4, -0.2) is 47.8 Å². The number of pyridine rings is 1. The van der Waals surface area contributed by atoms with Crippen LogP contribution in [0.3, 0.4) is 0 Å². The first-order valence-corrected chi connectivity index (χ1v) is 7.56. The summed E-state index contributed by atoms with van der Waals surface area (Å²) in [6.45, 7) is 4.34. The number of hydrogen-bond donors (Lipinski definition) is 0. The molecule has 0 N–H and O–H groups in total. The molecule has 2 aliphatic heterocycles. The Labute approximate surface area is 125 Å². The van der Waals surface area contributed by atoms with Crippen molar-refractivity contribution < 1.29 is 9.47 Å². The van der Waals surface area contributed by atoms with Crippen molar-refractivity contribution in [2.24, 2.45) is 0 Å². The summed E-state index contributed by atoms with van der Waals surface area (Å²) < 4.78 is 11.7. The minimum absolute atomic E-state index is 0.192. The Hall–Kier alpha value is -1.64. The first-order valence-electron chi connectivity index (χ1n) is 7.56. The van der Waals surface area contributed by atoms with E-state index in [-0.39, 0.29) is 6.10 Å². The Bertz CT molecular complexity index is 497. The van der Waals surface area contributed by atoms with Crippen molar-refractivity contribution in [3.8, 4) is 11.9 Å². The Balaban J connectivity index is 1.63. The zero-order chi connectivity index (χ0) is 14.7. The average Bonchev–Trinajstić information content (AvgIpc) is 2.47. The maximum absolute atomic E-state index is 8.79. The van der Waals surface area contributed by atoms with Crippen LogP contribution in [0.4, 0.5) is 0 Å². The second kappa shape index (κ2) is 6.42. The Kier molecular flexibility index (Phi) is 4.37. The third kappa shape index (κ3) is 3.34. The minimum atomic E-state index is 0.192. The molecule has 0 unspecified atom stereocenters. The van der Waals surface area contributed by atoms with Gasteiger partial charge in [0.25, 0.3) is 0 Å². The number of piperidine rings is 1. The van der Waals surface area contributed by atoms with E-state index in [1.807, 2.05) is 25.3 Å². The monoisotopic (exact) mass is 287 g/mol. The molecule has 21 heavy (non-hydrogen) atoms. The van der Waals surface area contributed by atoms with Gasteiger partial charge in [-0.1, -0.05) is 6.07 Å². The molecule has 3 heterocycles. The summed E-state index contributed by atoms with van der Waals surface area (Å²) in [6.07, 6.45) is 4.49. The lowest BCUT2D eigenvalue weighted by Gasteiger charge is -2.47. The molecule has 0 amide bonds. The van der Waals surface area contributed by atoms with Crippen LogP contribution in [0.2, 0.25) is 0 Å². The van der Waals surface area contributed by atoms with E-state index < -0.39 is 0 Å². The molecule has 0 radical (unpaired) electrons. The van der Waals surface area contributed by atoms with Crippen LogP contribution in [0.15, 0.2) is 18.3 Å². The highest BCUT2D eigenvalue weighted by molar-refractivity contribution is 5.16. The van der Waals surface area contributed by atoms with Gasteiger partial charge in [0.05, 0.1) is 19.3 Å². The molecule has 2 aliphatic rings. The molecule has 1 aromatic rings. The van der Waals surface area contributed by atoms with Gasteiger partial charge in [0, 0.05) is 50.2 Å². The predicted molar refractivity (Wildman–Crippen MR) is 78.0 cm³/mol. The van der Waals surface area contributed by atoms with E-state index in [1.165, 1.54) is 0 Å². The van der Waals surface area contributed by atoms with Gasteiger partial charge in [-0.25, -0.2) is 4.98 Å². The summed E-state index contributed by atoms with van der Waals surface area (Å²) in [5.41, 5.74) is 1.14. The van der Waals surface area contributed by atoms with Crippen molar-refractivity contribution >= 4 is 0 Å². The Morgan fingerprint density at radius 1 is 1.38 bits per heavy atom. The molecule has 5 heteroatoms. The first kappa shape index (κ1) is 14.3. The van der Waals surface area contributed by atoms with E-state index in [2.05, 4.69) is 16.0 Å². The zero-order valence-corrected chi connectivity index (χ0v) is 12.4. The lowest BCUT2D eigenvalue weighted by Crippen LogP contribution is -2.59. The highest BCUT2D eigenvalue weighted by Crippen LogP contribution is 2.30. The van der Waals surface area contributed by atoms with Gasteiger partial charge in [-0.15, -0.1) is 0 Å². The fourth-order valence-corrected chi connectivity index (χ4v) is 3.27. The van der Waals surface area contributed by atoms with E-state index in [1.54, 1.807) is 0 Å². The number of aromatic nitrogens is 1. The summed E-state index contributed by atoms with van der Waals surface area (Å²) in [5.74, 6) is 0.704. The van der Waals surface area contributed by atoms with Crippen LogP contribution in [0, 0.1) is 18.3 Å². The van der Waals surface area contributed by atoms with E-state index >= 15 is 0 Å². The largest absolute Gasteiger partial charge is 0.474 e. The molecule has 2 saturated heterocycles. The van der Waals surface area contributed by atoms with E-state index in [0.717, 1.165) is 38.2 Å². The van der Waals surface area contributed by atoms with Gasteiger partial charge >= 0.3 is 0 Å². The van der Waals surface area contributed by atoms with Gasteiger partial charge in [-0.05, 0) is 12.5 Å². The third-order valence-corrected chi connectivity index (χ3v) is 4.28. The van der Waals surface area contributed by atoms with Gasteiger partial charge < -0.3 is 9.47 Å². The molecule has 0 aliphatic carbocycles.